The van der Waals surface area contributed by atoms with Gasteiger partial charge in [0, 0.05) is 18.8 Å². The molecule has 0 aliphatic rings. The maximum Gasteiger partial charge on any atom is 0.0274 e. The van der Waals surface area contributed by atoms with Crippen LogP contribution in [0.2, 0.25) is 0 Å². The van der Waals surface area contributed by atoms with E-state index in [4.69, 9.17) is 0 Å². The minimum absolute atomic E-state index is 0.891. The summed E-state index contributed by atoms with van der Waals surface area (Å²) in [5.41, 5.74) is 0.891. The molecule has 0 rings (SSSR count). The first-order valence-corrected chi connectivity index (χ1v) is 3.36. The van der Waals surface area contributed by atoms with E-state index < -0.39 is 0 Å². The van der Waals surface area contributed by atoms with Crippen LogP contribution in [0.3, 0.4) is 0 Å². The van der Waals surface area contributed by atoms with Crippen molar-refractivity contribution in [1.82, 2.24) is 10.2 Å². The number of rotatable bonds is 5. The molecule has 0 aromatic carbocycles. The summed E-state index contributed by atoms with van der Waals surface area (Å²) in [4.78, 5) is 2.11. The highest BCUT2D eigenvalue weighted by atomic mass is 15.1. The van der Waals surface area contributed by atoms with Gasteiger partial charge >= 0.3 is 0 Å². The van der Waals surface area contributed by atoms with E-state index in [1.165, 1.54) is 0 Å². The molecule has 0 saturated heterocycles. The Hall–Kier alpha value is -0.760. The lowest BCUT2D eigenvalue weighted by Crippen LogP contribution is -2.25. The van der Waals surface area contributed by atoms with Gasteiger partial charge < -0.3 is 10.2 Å². The van der Waals surface area contributed by atoms with Gasteiger partial charge in [0.15, 0.2) is 0 Å². The highest BCUT2D eigenvalue weighted by Crippen LogP contribution is 1.81. The molecule has 0 amide bonds. The SMILES string of the molecule is C=CC(=C)NCCN(C)C. The Labute approximate surface area is 63.2 Å². The number of allylic oxidation sites excluding steroid dienone is 1. The predicted octanol–water partition coefficient (Wildman–Crippen LogP) is 0.837. The van der Waals surface area contributed by atoms with Crippen molar-refractivity contribution in [2.75, 3.05) is 27.2 Å². The number of likely N-dealkylation sites (N-methyl/N-ethyl adjacent to an activating group) is 1. The molecule has 0 fully saturated rings. The Morgan fingerprint density at radius 2 is 2.20 bits per heavy atom. The van der Waals surface area contributed by atoms with Crippen LogP contribution < -0.4 is 5.32 Å². The fourth-order valence-corrected chi connectivity index (χ4v) is 0.512. The zero-order valence-electron chi connectivity index (χ0n) is 6.85. The molecular weight excluding hydrogens is 124 g/mol. The van der Waals surface area contributed by atoms with Crippen LogP contribution in [-0.4, -0.2) is 32.1 Å². The molecule has 0 radical (unpaired) electrons. The lowest BCUT2D eigenvalue weighted by Gasteiger charge is -2.10. The minimum Gasteiger partial charge on any atom is -0.384 e. The average molecular weight is 140 g/mol. The molecule has 10 heavy (non-hydrogen) atoms. The van der Waals surface area contributed by atoms with Gasteiger partial charge in [-0.15, -0.1) is 0 Å². The molecule has 0 bridgehead atoms. The Balaban J connectivity index is 3.19. The Kier molecular flexibility index (Phi) is 4.67. The van der Waals surface area contributed by atoms with E-state index in [0.29, 0.717) is 0 Å². The molecule has 0 aromatic heterocycles. The third kappa shape index (κ3) is 5.38. The number of nitrogens with zero attached hydrogens (tertiary/aromatic N) is 1. The second-order valence-electron chi connectivity index (χ2n) is 2.46. The first kappa shape index (κ1) is 9.24. The standard InChI is InChI=1S/C8H16N2/c1-5-8(2)9-6-7-10(3)4/h5,9H,1-2,6-7H2,3-4H3. The molecule has 2 nitrogen and oxygen atoms in total. The summed E-state index contributed by atoms with van der Waals surface area (Å²) in [7, 11) is 4.08. The third-order valence-corrected chi connectivity index (χ3v) is 1.16. The van der Waals surface area contributed by atoms with Crippen molar-refractivity contribution in [3.05, 3.63) is 24.9 Å². The minimum atomic E-state index is 0.891. The summed E-state index contributed by atoms with van der Waals surface area (Å²) in [5, 5.41) is 3.11. The number of nitrogens with one attached hydrogen (secondary N) is 1. The molecular formula is C8H16N2. The average Bonchev–Trinajstić information content (AvgIpc) is 1.87. The second kappa shape index (κ2) is 5.06. The van der Waals surface area contributed by atoms with Crippen LogP contribution in [0.1, 0.15) is 0 Å². The van der Waals surface area contributed by atoms with Crippen LogP contribution in [0, 0.1) is 0 Å². The van der Waals surface area contributed by atoms with Crippen molar-refractivity contribution in [2.45, 2.75) is 0 Å². The molecule has 1 N–H and O–H groups in total. The van der Waals surface area contributed by atoms with Gasteiger partial charge in [0.25, 0.3) is 0 Å². The van der Waals surface area contributed by atoms with Gasteiger partial charge in [0.2, 0.25) is 0 Å². The summed E-state index contributed by atoms with van der Waals surface area (Å²) in [6.07, 6.45) is 1.72. The van der Waals surface area contributed by atoms with Crippen molar-refractivity contribution < 1.29 is 0 Å². The van der Waals surface area contributed by atoms with Gasteiger partial charge in [-0.3, -0.25) is 0 Å². The van der Waals surface area contributed by atoms with E-state index in [0.717, 1.165) is 18.8 Å². The van der Waals surface area contributed by atoms with Gasteiger partial charge in [0.05, 0.1) is 0 Å². The summed E-state index contributed by atoms with van der Waals surface area (Å²) in [5.74, 6) is 0. The monoisotopic (exact) mass is 140 g/mol. The molecule has 0 spiro atoms. The highest BCUT2D eigenvalue weighted by Gasteiger charge is 1.88. The molecule has 2 heteroatoms. The van der Waals surface area contributed by atoms with E-state index in [9.17, 15) is 0 Å². The molecule has 0 atom stereocenters. The molecule has 0 aromatic rings. The van der Waals surface area contributed by atoms with Gasteiger partial charge in [-0.2, -0.15) is 0 Å². The molecule has 0 aliphatic heterocycles. The highest BCUT2D eigenvalue weighted by molar-refractivity contribution is 5.07. The van der Waals surface area contributed by atoms with Crippen LogP contribution in [0.4, 0.5) is 0 Å². The van der Waals surface area contributed by atoms with Gasteiger partial charge in [-0.1, -0.05) is 13.2 Å². The lowest BCUT2D eigenvalue weighted by molar-refractivity contribution is 0.409. The first-order chi connectivity index (χ1) is 4.66. The van der Waals surface area contributed by atoms with Crippen LogP contribution >= 0.6 is 0 Å². The van der Waals surface area contributed by atoms with E-state index in [1.807, 2.05) is 14.1 Å². The summed E-state index contributed by atoms with van der Waals surface area (Å²) in [6.45, 7) is 9.25. The normalized spacial score (nSPS) is 9.50. The number of hydrogen-bond donors (Lipinski definition) is 1. The second-order valence-corrected chi connectivity index (χ2v) is 2.46. The van der Waals surface area contributed by atoms with E-state index in [-0.39, 0.29) is 0 Å². The van der Waals surface area contributed by atoms with Crippen LogP contribution in [-0.2, 0) is 0 Å². The Morgan fingerprint density at radius 3 is 2.60 bits per heavy atom. The van der Waals surface area contributed by atoms with Crippen LogP contribution in [0.15, 0.2) is 24.9 Å². The van der Waals surface area contributed by atoms with Crippen molar-refractivity contribution in [1.29, 1.82) is 0 Å². The van der Waals surface area contributed by atoms with Gasteiger partial charge in [-0.05, 0) is 20.2 Å². The van der Waals surface area contributed by atoms with E-state index in [1.54, 1.807) is 6.08 Å². The Morgan fingerprint density at radius 1 is 1.60 bits per heavy atom. The van der Waals surface area contributed by atoms with E-state index >= 15 is 0 Å². The Bertz CT molecular complexity index is 116. The topological polar surface area (TPSA) is 15.3 Å². The molecule has 0 saturated carbocycles. The van der Waals surface area contributed by atoms with Crippen molar-refractivity contribution in [2.24, 2.45) is 0 Å². The summed E-state index contributed by atoms with van der Waals surface area (Å²) < 4.78 is 0. The van der Waals surface area contributed by atoms with E-state index in [2.05, 4.69) is 23.4 Å². The first-order valence-electron chi connectivity index (χ1n) is 3.36. The molecule has 0 aliphatic carbocycles. The summed E-state index contributed by atoms with van der Waals surface area (Å²) >= 11 is 0. The lowest BCUT2D eigenvalue weighted by atomic mass is 10.4. The van der Waals surface area contributed by atoms with Crippen molar-refractivity contribution in [3.8, 4) is 0 Å². The van der Waals surface area contributed by atoms with Crippen molar-refractivity contribution >= 4 is 0 Å². The van der Waals surface area contributed by atoms with Gasteiger partial charge in [0.1, 0.15) is 0 Å². The molecule has 58 valence electrons. The fraction of sp³-hybridized carbons (Fsp3) is 0.500. The van der Waals surface area contributed by atoms with Crippen LogP contribution in [0.5, 0.6) is 0 Å². The third-order valence-electron chi connectivity index (χ3n) is 1.16. The maximum atomic E-state index is 3.72. The van der Waals surface area contributed by atoms with Crippen molar-refractivity contribution in [3.63, 3.8) is 0 Å². The van der Waals surface area contributed by atoms with Crippen LogP contribution in [0.25, 0.3) is 0 Å². The molecule has 0 unspecified atom stereocenters. The molecule has 0 heterocycles. The maximum absolute atomic E-state index is 3.72. The summed E-state index contributed by atoms with van der Waals surface area (Å²) in [6, 6.07) is 0. The van der Waals surface area contributed by atoms with Gasteiger partial charge in [-0.25, -0.2) is 0 Å². The fourth-order valence-electron chi connectivity index (χ4n) is 0.512. The zero-order valence-corrected chi connectivity index (χ0v) is 6.85. The smallest absolute Gasteiger partial charge is 0.0274 e. The number of hydrogen-bond acceptors (Lipinski definition) is 2. The predicted molar refractivity (Wildman–Crippen MR) is 45.9 cm³/mol. The largest absolute Gasteiger partial charge is 0.384 e. The quantitative estimate of drug-likeness (QED) is 0.569. The zero-order chi connectivity index (χ0) is 7.98.